The second-order valence-electron chi connectivity index (χ2n) is 4.51. The molecule has 0 aliphatic heterocycles. The first-order chi connectivity index (χ1) is 10.3. The number of aliphatic hydroxyl groups is 1. The number of pyridine rings is 1. The Morgan fingerprint density at radius 1 is 1.24 bits per heavy atom. The van der Waals surface area contributed by atoms with Gasteiger partial charge in [0.25, 0.3) is 0 Å². The summed E-state index contributed by atoms with van der Waals surface area (Å²) in [4.78, 5) is 6.03. The molecule has 0 spiro atoms. The Kier molecular flexibility index (Phi) is 5.11. The minimum Gasteiger partial charge on any atom is -0.409 e. The van der Waals surface area contributed by atoms with E-state index >= 15 is 0 Å². The van der Waals surface area contributed by atoms with Crippen LogP contribution in [0.4, 0.5) is 5.69 Å². The van der Waals surface area contributed by atoms with Crippen LogP contribution in [0.15, 0.2) is 53.9 Å². The van der Waals surface area contributed by atoms with Crippen molar-refractivity contribution < 1.29 is 10.3 Å². The first kappa shape index (κ1) is 14.8. The van der Waals surface area contributed by atoms with Gasteiger partial charge in [0.2, 0.25) is 0 Å². The lowest BCUT2D eigenvalue weighted by molar-refractivity contribution is 0.301. The Hall–Kier alpha value is -2.60. The van der Waals surface area contributed by atoms with Gasteiger partial charge in [-0.1, -0.05) is 35.5 Å². The van der Waals surface area contributed by atoms with Gasteiger partial charge in [0.05, 0.1) is 18.5 Å². The maximum Gasteiger partial charge on any atom is 0.172 e. The lowest BCUT2D eigenvalue weighted by Gasteiger charge is -2.25. The van der Waals surface area contributed by atoms with Crippen LogP contribution >= 0.6 is 0 Å². The van der Waals surface area contributed by atoms with Crippen LogP contribution in [0.1, 0.15) is 11.1 Å². The zero-order valence-electron chi connectivity index (χ0n) is 11.6. The Bertz CT molecular complexity index is 602. The van der Waals surface area contributed by atoms with E-state index in [2.05, 4.69) is 10.1 Å². The van der Waals surface area contributed by atoms with E-state index in [4.69, 9.17) is 10.9 Å². The van der Waals surface area contributed by atoms with Crippen molar-refractivity contribution in [1.82, 2.24) is 4.98 Å². The summed E-state index contributed by atoms with van der Waals surface area (Å²) in [5.74, 6) is 0.0170. The normalized spacial score (nSPS) is 11.4. The highest BCUT2D eigenvalue weighted by atomic mass is 16.4. The van der Waals surface area contributed by atoms with E-state index < -0.39 is 0 Å². The summed E-state index contributed by atoms with van der Waals surface area (Å²) in [5.41, 5.74) is 8.10. The predicted molar refractivity (Wildman–Crippen MR) is 81.3 cm³/mol. The summed E-state index contributed by atoms with van der Waals surface area (Å²) in [6.45, 7) is 1.02. The van der Waals surface area contributed by atoms with Crippen molar-refractivity contribution >= 4 is 11.5 Å². The minimum atomic E-state index is -0.00264. The van der Waals surface area contributed by atoms with Crippen LogP contribution in [-0.4, -0.2) is 34.3 Å². The van der Waals surface area contributed by atoms with Crippen LogP contribution in [-0.2, 0) is 6.54 Å². The van der Waals surface area contributed by atoms with E-state index in [0.717, 1.165) is 5.56 Å². The topological polar surface area (TPSA) is 95.0 Å². The molecule has 1 heterocycles. The number of rotatable bonds is 6. The lowest BCUT2D eigenvalue weighted by Crippen LogP contribution is -2.29. The number of anilines is 1. The van der Waals surface area contributed by atoms with Crippen LogP contribution in [0.3, 0.4) is 0 Å². The molecule has 0 saturated carbocycles. The largest absolute Gasteiger partial charge is 0.409 e. The molecule has 1 aromatic carbocycles. The van der Waals surface area contributed by atoms with E-state index in [1.54, 1.807) is 18.5 Å². The average molecular weight is 286 g/mol. The number of nitrogens with two attached hydrogens (primary N) is 1. The van der Waals surface area contributed by atoms with Crippen molar-refractivity contribution in [3.05, 3.63) is 59.9 Å². The Morgan fingerprint density at radius 3 is 2.67 bits per heavy atom. The van der Waals surface area contributed by atoms with Gasteiger partial charge in [0, 0.05) is 24.8 Å². The molecule has 0 aliphatic rings. The van der Waals surface area contributed by atoms with Gasteiger partial charge in [-0.3, -0.25) is 4.98 Å². The number of aliphatic hydroxyl groups excluding tert-OH is 1. The van der Waals surface area contributed by atoms with Crippen molar-refractivity contribution in [1.29, 1.82) is 0 Å². The summed E-state index contributed by atoms with van der Waals surface area (Å²) in [6.07, 6.45) is 3.22. The van der Waals surface area contributed by atoms with Crippen LogP contribution in [0.2, 0.25) is 0 Å². The summed E-state index contributed by atoms with van der Waals surface area (Å²) >= 11 is 0. The fourth-order valence-corrected chi connectivity index (χ4v) is 2.12. The minimum absolute atomic E-state index is 0.00264. The number of hydrogen-bond donors (Lipinski definition) is 3. The molecular weight excluding hydrogens is 268 g/mol. The number of amidine groups is 1. The molecule has 2 aromatic rings. The predicted octanol–water partition coefficient (Wildman–Crippen LogP) is 1.17. The summed E-state index contributed by atoms with van der Waals surface area (Å²) in [6, 6.07) is 11.6. The standard InChI is InChI=1S/C15H18N4O2/c16-15(18-21)13-6-7-17-10-14(13)19(8-9-20)11-12-4-2-1-3-5-12/h1-7,10,20-21H,8-9,11H2,(H2,16,18). The first-order valence-electron chi connectivity index (χ1n) is 6.58. The van der Waals surface area contributed by atoms with E-state index in [1.807, 2.05) is 35.2 Å². The Labute approximate surface area is 123 Å². The molecule has 0 unspecified atom stereocenters. The third-order valence-electron chi connectivity index (χ3n) is 3.11. The average Bonchev–Trinajstić information content (AvgIpc) is 2.55. The Morgan fingerprint density at radius 2 is 2.00 bits per heavy atom. The molecule has 0 atom stereocenters. The molecule has 0 radical (unpaired) electrons. The van der Waals surface area contributed by atoms with E-state index in [9.17, 15) is 5.11 Å². The molecule has 21 heavy (non-hydrogen) atoms. The molecule has 0 fully saturated rings. The SMILES string of the molecule is N/C(=N/O)c1ccncc1N(CCO)Cc1ccccc1. The van der Waals surface area contributed by atoms with Gasteiger partial charge < -0.3 is 20.9 Å². The van der Waals surface area contributed by atoms with Gasteiger partial charge >= 0.3 is 0 Å². The second-order valence-corrected chi connectivity index (χ2v) is 4.51. The molecule has 4 N–H and O–H groups in total. The molecular formula is C15H18N4O2. The highest BCUT2D eigenvalue weighted by Crippen LogP contribution is 2.21. The van der Waals surface area contributed by atoms with Crippen LogP contribution in [0, 0.1) is 0 Å². The molecule has 2 rings (SSSR count). The molecule has 1 aromatic heterocycles. The van der Waals surface area contributed by atoms with Gasteiger partial charge in [0.15, 0.2) is 5.84 Å². The molecule has 0 amide bonds. The monoisotopic (exact) mass is 286 g/mol. The maximum absolute atomic E-state index is 9.29. The lowest BCUT2D eigenvalue weighted by atomic mass is 10.1. The van der Waals surface area contributed by atoms with Gasteiger partial charge in [-0.15, -0.1) is 0 Å². The van der Waals surface area contributed by atoms with Gasteiger partial charge in [0.1, 0.15) is 0 Å². The fraction of sp³-hybridized carbons (Fsp3) is 0.200. The van der Waals surface area contributed by atoms with Crippen LogP contribution in [0.25, 0.3) is 0 Å². The zero-order valence-corrected chi connectivity index (χ0v) is 11.6. The molecule has 0 bridgehead atoms. The zero-order chi connectivity index (χ0) is 15.1. The summed E-state index contributed by atoms with van der Waals surface area (Å²) in [5, 5.41) is 21.2. The van der Waals surface area contributed by atoms with Crippen molar-refractivity contribution in [3.63, 3.8) is 0 Å². The number of oxime groups is 1. The fourth-order valence-electron chi connectivity index (χ4n) is 2.12. The van der Waals surface area contributed by atoms with Gasteiger partial charge in [-0.2, -0.15) is 0 Å². The number of nitrogens with zero attached hydrogens (tertiary/aromatic N) is 3. The highest BCUT2D eigenvalue weighted by Gasteiger charge is 2.14. The van der Waals surface area contributed by atoms with Crippen molar-refractivity contribution in [2.24, 2.45) is 10.9 Å². The smallest absolute Gasteiger partial charge is 0.172 e. The second kappa shape index (κ2) is 7.25. The molecule has 6 nitrogen and oxygen atoms in total. The highest BCUT2D eigenvalue weighted by molar-refractivity contribution is 6.02. The first-order valence-corrected chi connectivity index (χ1v) is 6.58. The quantitative estimate of drug-likeness (QED) is 0.321. The van der Waals surface area contributed by atoms with Crippen molar-refractivity contribution in [3.8, 4) is 0 Å². The van der Waals surface area contributed by atoms with Crippen molar-refractivity contribution in [2.75, 3.05) is 18.1 Å². The number of benzene rings is 1. The third-order valence-corrected chi connectivity index (χ3v) is 3.11. The molecule has 110 valence electrons. The molecule has 0 saturated heterocycles. The number of hydrogen-bond acceptors (Lipinski definition) is 5. The van der Waals surface area contributed by atoms with E-state index in [1.165, 1.54) is 0 Å². The summed E-state index contributed by atoms with van der Waals surface area (Å²) in [7, 11) is 0. The van der Waals surface area contributed by atoms with Gasteiger partial charge in [-0.25, -0.2) is 0 Å². The maximum atomic E-state index is 9.29. The van der Waals surface area contributed by atoms with Crippen molar-refractivity contribution in [2.45, 2.75) is 6.54 Å². The summed E-state index contributed by atoms with van der Waals surface area (Å²) < 4.78 is 0. The van der Waals surface area contributed by atoms with Crippen LogP contribution < -0.4 is 10.6 Å². The molecule has 0 aliphatic carbocycles. The van der Waals surface area contributed by atoms with E-state index in [-0.39, 0.29) is 12.4 Å². The van der Waals surface area contributed by atoms with E-state index in [0.29, 0.717) is 24.3 Å². The Balaban J connectivity index is 2.34. The third kappa shape index (κ3) is 3.70. The van der Waals surface area contributed by atoms with Crippen LogP contribution in [0.5, 0.6) is 0 Å². The van der Waals surface area contributed by atoms with Gasteiger partial charge in [-0.05, 0) is 11.6 Å². The number of aromatic nitrogens is 1. The molecule has 6 heteroatoms.